The molecule has 0 aromatic heterocycles. The lowest BCUT2D eigenvalue weighted by Gasteiger charge is -2.30. The average Bonchev–Trinajstić information content (AvgIpc) is 3.06. The fourth-order valence-electron chi connectivity index (χ4n) is 3.27. The minimum absolute atomic E-state index is 0.209. The maximum atomic E-state index is 14.7. The van der Waals surface area contributed by atoms with E-state index in [1.54, 1.807) is 12.1 Å². The number of carbonyl (C=O) groups excluding carboxylic acids is 3. The van der Waals surface area contributed by atoms with Crippen molar-refractivity contribution in [1.82, 2.24) is 10.7 Å². The van der Waals surface area contributed by atoms with E-state index in [1.807, 2.05) is 4.90 Å². The SMILES string of the molecule is CC(=O)NCC1CN(c2ccc(N3CCC(=NNC(N)=O)CC3)c(F)c2)C(=O)O1. The smallest absolute Gasteiger partial charge is 0.414 e. The van der Waals surface area contributed by atoms with Crippen molar-refractivity contribution in [3.8, 4) is 0 Å². The lowest BCUT2D eigenvalue weighted by atomic mass is 10.1. The first-order valence-corrected chi connectivity index (χ1v) is 9.21. The minimum Gasteiger partial charge on any atom is -0.442 e. The Kier molecular flexibility index (Phi) is 6.15. The highest BCUT2D eigenvalue weighted by Crippen LogP contribution is 2.29. The standard InChI is InChI=1S/C18H23FN6O4/c1-11(26)21-9-14-10-25(18(28)29-14)13-2-3-16(15(19)8-13)24-6-4-12(5-7-24)22-23-17(20)27/h2-3,8,14H,4-7,9-10H2,1H3,(H,21,26)(H3,20,23,27). The Bertz CT molecular complexity index is 836. The highest BCUT2D eigenvalue weighted by molar-refractivity contribution is 5.90. The number of hydrogen-bond acceptors (Lipinski definition) is 6. The molecule has 29 heavy (non-hydrogen) atoms. The van der Waals surface area contributed by atoms with Gasteiger partial charge >= 0.3 is 12.1 Å². The average molecular weight is 406 g/mol. The van der Waals surface area contributed by atoms with Crippen molar-refractivity contribution in [3.63, 3.8) is 0 Å². The van der Waals surface area contributed by atoms with Crippen LogP contribution in [0.3, 0.4) is 0 Å². The zero-order chi connectivity index (χ0) is 21.0. The van der Waals surface area contributed by atoms with Crippen LogP contribution in [0.25, 0.3) is 0 Å². The van der Waals surface area contributed by atoms with Gasteiger partial charge in [-0.15, -0.1) is 0 Å². The molecule has 2 aliphatic heterocycles. The zero-order valence-corrected chi connectivity index (χ0v) is 16.0. The second kappa shape index (κ2) is 8.76. The maximum Gasteiger partial charge on any atom is 0.414 e. The van der Waals surface area contributed by atoms with E-state index in [0.29, 0.717) is 37.3 Å². The van der Waals surface area contributed by atoms with E-state index in [9.17, 15) is 18.8 Å². The van der Waals surface area contributed by atoms with E-state index >= 15 is 0 Å². The molecule has 1 aromatic carbocycles. The summed E-state index contributed by atoms with van der Waals surface area (Å²) in [5.74, 6) is -0.661. The van der Waals surface area contributed by atoms with Gasteiger partial charge in [0.2, 0.25) is 5.91 Å². The molecule has 3 rings (SSSR count). The van der Waals surface area contributed by atoms with Crippen LogP contribution in [0.1, 0.15) is 19.8 Å². The van der Waals surface area contributed by atoms with Crippen LogP contribution < -0.4 is 26.3 Å². The van der Waals surface area contributed by atoms with Crippen LogP contribution in [0, 0.1) is 5.82 Å². The maximum absolute atomic E-state index is 14.7. The highest BCUT2D eigenvalue weighted by Gasteiger charge is 2.33. The van der Waals surface area contributed by atoms with E-state index in [2.05, 4.69) is 15.8 Å². The number of ether oxygens (including phenoxy) is 1. The number of nitrogens with two attached hydrogens (primary N) is 1. The van der Waals surface area contributed by atoms with Crippen LogP contribution in [0.15, 0.2) is 23.3 Å². The Morgan fingerprint density at radius 1 is 1.34 bits per heavy atom. The summed E-state index contributed by atoms with van der Waals surface area (Å²) in [6.45, 7) is 2.90. The molecule has 4 N–H and O–H groups in total. The monoisotopic (exact) mass is 406 g/mol. The fraction of sp³-hybridized carbons (Fsp3) is 0.444. The van der Waals surface area contributed by atoms with Crippen LogP contribution in [0.4, 0.5) is 25.4 Å². The molecular formula is C18H23FN6O4. The highest BCUT2D eigenvalue weighted by atomic mass is 19.1. The number of carbonyl (C=O) groups is 3. The number of amides is 4. The number of hydrazone groups is 1. The van der Waals surface area contributed by atoms with Gasteiger partial charge in [0.05, 0.1) is 24.5 Å². The van der Waals surface area contributed by atoms with E-state index in [0.717, 1.165) is 5.71 Å². The third kappa shape index (κ3) is 5.12. The van der Waals surface area contributed by atoms with Crippen molar-refractivity contribution in [2.24, 2.45) is 10.8 Å². The molecular weight excluding hydrogens is 383 g/mol. The van der Waals surface area contributed by atoms with Crippen molar-refractivity contribution >= 4 is 35.1 Å². The molecule has 0 bridgehead atoms. The van der Waals surface area contributed by atoms with Crippen molar-refractivity contribution in [1.29, 1.82) is 0 Å². The number of benzene rings is 1. The number of hydrogen-bond donors (Lipinski definition) is 3. The van der Waals surface area contributed by atoms with Crippen molar-refractivity contribution in [3.05, 3.63) is 24.0 Å². The van der Waals surface area contributed by atoms with E-state index < -0.39 is 24.0 Å². The number of urea groups is 1. The van der Waals surface area contributed by atoms with E-state index in [4.69, 9.17) is 10.5 Å². The Morgan fingerprint density at radius 2 is 2.07 bits per heavy atom. The summed E-state index contributed by atoms with van der Waals surface area (Å²) in [7, 11) is 0. The number of nitrogens with one attached hydrogen (secondary N) is 2. The normalized spacial score (nSPS) is 19.0. The van der Waals surface area contributed by atoms with Gasteiger partial charge in [-0.05, 0) is 18.2 Å². The predicted molar refractivity (Wildman–Crippen MR) is 104 cm³/mol. The largest absolute Gasteiger partial charge is 0.442 e. The third-order valence-electron chi connectivity index (χ3n) is 4.70. The van der Waals surface area contributed by atoms with E-state index in [-0.39, 0.29) is 19.0 Å². The number of nitrogens with zero attached hydrogens (tertiary/aromatic N) is 3. The molecule has 0 spiro atoms. The van der Waals surface area contributed by atoms with Gasteiger partial charge in [-0.1, -0.05) is 0 Å². The predicted octanol–water partition coefficient (Wildman–Crippen LogP) is 0.911. The number of piperidine rings is 1. The van der Waals surface area contributed by atoms with Gasteiger partial charge in [0.1, 0.15) is 11.9 Å². The Hall–Kier alpha value is -3.37. The summed E-state index contributed by atoms with van der Waals surface area (Å²) in [4.78, 5) is 37.0. The van der Waals surface area contributed by atoms with Crippen LogP contribution in [-0.4, -0.2) is 56.0 Å². The first-order valence-electron chi connectivity index (χ1n) is 9.21. The molecule has 4 amide bonds. The summed E-state index contributed by atoms with van der Waals surface area (Å²) in [5.41, 5.74) is 8.81. The van der Waals surface area contributed by atoms with Crippen molar-refractivity contribution in [2.45, 2.75) is 25.9 Å². The molecule has 0 saturated carbocycles. The Labute approximate surface area is 166 Å². The Morgan fingerprint density at radius 3 is 2.69 bits per heavy atom. The van der Waals surface area contributed by atoms with Gasteiger partial charge in [-0.25, -0.2) is 19.4 Å². The van der Waals surface area contributed by atoms with Crippen LogP contribution in [-0.2, 0) is 9.53 Å². The fourth-order valence-corrected chi connectivity index (χ4v) is 3.27. The second-order valence-electron chi connectivity index (χ2n) is 6.83. The molecule has 2 fully saturated rings. The quantitative estimate of drug-likeness (QED) is 0.626. The molecule has 1 unspecified atom stereocenters. The molecule has 2 aliphatic rings. The zero-order valence-electron chi connectivity index (χ0n) is 16.0. The molecule has 2 saturated heterocycles. The van der Waals surface area contributed by atoms with Gasteiger partial charge in [0.25, 0.3) is 0 Å². The number of primary amides is 1. The van der Waals surface area contributed by atoms with Crippen molar-refractivity contribution < 1.29 is 23.5 Å². The number of rotatable bonds is 5. The van der Waals surface area contributed by atoms with Crippen LogP contribution >= 0.6 is 0 Å². The summed E-state index contributed by atoms with van der Waals surface area (Å²) >= 11 is 0. The van der Waals surface area contributed by atoms with Crippen LogP contribution in [0.5, 0.6) is 0 Å². The molecule has 1 aromatic rings. The topological polar surface area (TPSA) is 129 Å². The first kappa shape index (κ1) is 20.4. The number of anilines is 2. The Balaban J connectivity index is 1.62. The second-order valence-corrected chi connectivity index (χ2v) is 6.83. The lowest BCUT2D eigenvalue weighted by molar-refractivity contribution is -0.119. The summed E-state index contributed by atoms with van der Waals surface area (Å²) in [6.07, 6.45) is 0.0893. The van der Waals surface area contributed by atoms with Gasteiger partial charge in [0.15, 0.2) is 0 Å². The lowest BCUT2D eigenvalue weighted by Crippen LogP contribution is -2.36. The third-order valence-corrected chi connectivity index (χ3v) is 4.70. The number of halogens is 1. The molecule has 1 atom stereocenters. The number of cyclic esters (lactones) is 1. The van der Waals surface area contributed by atoms with Crippen LogP contribution in [0.2, 0.25) is 0 Å². The molecule has 10 nitrogen and oxygen atoms in total. The summed E-state index contributed by atoms with van der Waals surface area (Å²) < 4.78 is 19.9. The van der Waals surface area contributed by atoms with Gasteiger partial charge in [-0.2, -0.15) is 5.10 Å². The minimum atomic E-state index is -0.721. The summed E-state index contributed by atoms with van der Waals surface area (Å²) in [5, 5.41) is 6.53. The van der Waals surface area contributed by atoms with Gasteiger partial charge in [0, 0.05) is 38.6 Å². The summed E-state index contributed by atoms with van der Waals surface area (Å²) in [6, 6.07) is 3.87. The molecule has 11 heteroatoms. The molecule has 156 valence electrons. The van der Waals surface area contributed by atoms with Crippen molar-refractivity contribution in [2.75, 3.05) is 36.0 Å². The van der Waals surface area contributed by atoms with E-state index in [1.165, 1.54) is 17.9 Å². The molecule has 0 aliphatic carbocycles. The molecule has 2 heterocycles. The van der Waals surface area contributed by atoms with Gasteiger partial charge in [-0.3, -0.25) is 9.69 Å². The van der Waals surface area contributed by atoms with Gasteiger partial charge < -0.3 is 20.7 Å². The first-order chi connectivity index (χ1) is 13.8. The molecule has 0 radical (unpaired) electrons.